The highest BCUT2D eigenvalue weighted by Gasteiger charge is 2.20. The Morgan fingerprint density at radius 1 is 1.13 bits per heavy atom. The van der Waals surface area contributed by atoms with Crippen LogP contribution in [0.5, 0.6) is 5.75 Å². The van der Waals surface area contributed by atoms with Gasteiger partial charge in [-0.3, -0.25) is 4.79 Å². The minimum absolute atomic E-state index is 0.172. The molecule has 0 fully saturated rings. The van der Waals surface area contributed by atoms with E-state index in [4.69, 9.17) is 4.74 Å². The summed E-state index contributed by atoms with van der Waals surface area (Å²) in [6.45, 7) is 2.52. The third kappa shape index (κ3) is 5.13. The van der Waals surface area contributed by atoms with Crippen LogP contribution in [0.15, 0.2) is 77.9 Å². The lowest BCUT2D eigenvalue weighted by Crippen LogP contribution is -2.27. The van der Waals surface area contributed by atoms with Crippen molar-refractivity contribution >= 4 is 38.8 Å². The zero-order valence-corrected chi connectivity index (χ0v) is 17.7. The van der Waals surface area contributed by atoms with Crippen LogP contribution in [0.3, 0.4) is 0 Å². The van der Waals surface area contributed by atoms with E-state index >= 15 is 0 Å². The number of amides is 1. The largest absolute Gasteiger partial charge is 0.494 e. The van der Waals surface area contributed by atoms with Gasteiger partial charge in [0, 0.05) is 0 Å². The van der Waals surface area contributed by atoms with Gasteiger partial charge < -0.3 is 4.74 Å². The number of thiazole rings is 1. The molecule has 0 aliphatic carbocycles. The number of carbonyl (C=O) groups excluding carboxylic acids is 1. The normalized spacial score (nSPS) is 11.2. The average Bonchev–Trinajstić information content (AvgIpc) is 3.18. The molecule has 7 heteroatoms. The lowest BCUT2D eigenvalue weighted by molar-refractivity contribution is -0.118. The smallest absolute Gasteiger partial charge is 0.253 e. The molecule has 0 saturated carbocycles. The SMILES string of the molecule is CCOc1ccc(/C=N/N(C(=O)Cc2ccccc2)c2nc3ccc(F)cc3s2)cc1. The van der Waals surface area contributed by atoms with E-state index in [1.807, 2.05) is 61.5 Å². The highest BCUT2D eigenvalue weighted by molar-refractivity contribution is 7.22. The van der Waals surface area contributed by atoms with E-state index < -0.39 is 0 Å². The number of halogens is 1. The number of anilines is 1. The molecule has 0 N–H and O–H groups in total. The number of hydrazone groups is 1. The summed E-state index contributed by atoms with van der Waals surface area (Å²) in [4.78, 5) is 17.6. The molecule has 4 rings (SSSR count). The van der Waals surface area contributed by atoms with E-state index in [0.717, 1.165) is 16.9 Å². The fourth-order valence-corrected chi connectivity index (χ4v) is 3.95. The topological polar surface area (TPSA) is 54.8 Å². The van der Waals surface area contributed by atoms with Gasteiger partial charge in [-0.25, -0.2) is 9.37 Å². The first-order valence-corrected chi connectivity index (χ1v) is 10.6. The van der Waals surface area contributed by atoms with Crippen LogP contribution in [0.25, 0.3) is 10.2 Å². The molecule has 0 atom stereocenters. The lowest BCUT2D eigenvalue weighted by atomic mass is 10.1. The minimum atomic E-state index is -0.345. The lowest BCUT2D eigenvalue weighted by Gasteiger charge is -2.14. The van der Waals surface area contributed by atoms with Crippen molar-refractivity contribution in [2.75, 3.05) is 11.6 Å². The highest BCUT2D eigenvalue weighted by atomic mass is 32.1. The monoisotopic (exact) mass is 433 g/mol. The number of rotatable bonds is 7. The Morgan fingerprint density at radius 2 is 1.90 bits per heavy atom. The molecule has 31 heavy (non-hydrogen) atoms. The summed E-state index contributed by atoms with van der Waals surface area (Å²) in [5.41, 5.74) is 2.31. The molecule has 1 aromatic heterocycles. The number of benzene rings is 3. The van der Waals surface area contributed by atoms with Crippen molar-refractivity contribution in [3.63, 3.8) is 0 Å². The quantitative estimate of drug-likeness (QED) is 0.288. The zero-order chi connectivity index (χ0) is 21.6. The molecule has 3 aromatic carbocycles. The minimum Gasteiger partial charge on any atom is -0.494 e. The van der Waals surface area contributed by atoms with Gasteiger partial charge in [0.15, 0.2) is 0 Å². The Balaban J connectivity index is 1.64. The number of aromatic nitrogens is 1. The van der Waals surface area contributed by atoms with Crippen molar-refractivity contribution in [3.05, 3.63) is 89.7 Å². The molecule has 5 nitrogen and oxygen atoms in total. The van der Waals surface area contributed by atoms with Gasteiger partial charge in [-0.1, -0.05) is 41.7 Å². The number of fused-ring (bicyclic) bond motifs is 1. The molecule has 0 saturated heterocycles. The molecule has 0 radical (unpaired) electrons. The van der Waals surface area contributed by atoms with Gasteiger partial charge in [0.1, 0.15) is 11.6 Å². The second-order valence-electron chi connectivity index (χ2n) is 6.72. The summed E-state index contributed by atoms with van der Waals surface area (Å²) in [5, 5.41) is 6.10. The zero-order valence-electron chi connectivity index (χ0n) is 16.9. The van der Waals surface area contributed by atoms with Crippen molar-refractivity contribution in [2.24, 2.45) is 5.10 Å². The van der Waals surface area contributed by atoms with Crippen LogP contribution >= 0.6 is 11.3 Å². The Kier molecular flexibility index (Phi) is 6.33. The molecular weight excluding hydrogens is 413 g/mol. The second kappa shape index (κ2) is 9.49. The molecule has 0 aliphatic heterocycles. The number of hydrogen-bond acceptors (Lipinski definition) is 5. The molecule has 156 valence electrons. The van der Waals surface area contributed by atoms with Gasteiger partial charge in [0.25, 0.3) is 5.91 Å². The van der Waals surface area contributed by atoms with Crippen LogP contribution in [0.4, 0.5) is 9.52 Å². The van der Waals surface area contributed by atoms with Crippen molar-refractivity contribution in [1.82, 2.24) is 4.98 Å². The van der Waals surface area contributed by atoms with Gasteiger partial charge in [0.05, 0.1) is 29.5 Å². The molecule has 0 unspecified atom stereocenters. The summed E-state index contributed by atoms with van der Waals surface area (Å²) < 4.78 is 19.7. The van der Waals surface area contributed by atoms with Gasteiger partial charge in [-0.15, -0.1) is 0 Å². The van der Waals surface area contributed by atoms with Crippen molar-refractivity contribution < 1.29 is 13.9 Å². The molecule has 1 heterocycles. The van der Waals surface area contributed by atoms with E-state index in [-0.39, 0.29) is 18.1 Å². The number of nitrogens with zero attached hydrogens (tertiary/aromatic N) is 3. The maximum Gasteiger partial charge on any atom is 0.253 e. The molecule has 0 bridgehead atoms. The molecular formula is C24H20FN3O2S. The fraction of sp³-hybridized carbons (Fsp3) is 0.125. The fourth-order valence-electron chi connectivity index (χ4n) is 2.98. The number of ether oxygens (including phenoxy) is 1. The van der Waals surface area contributed by atoms with Crippen molar-refractivity contribution in [2.45, 2.75) is 13.3 Å². The standard InChI is InChI=1S/C24H20FN3O2S/c1-2-30-20-11-8-18(9-12-20)16-26-28(23(29)14-17-6-4-3-5-7-17)24-27-21-13-10-19(25)15-22(21)31-24/h3-13,15-16H,2,14H2,1H3/b26-16+. The predicted molar refractivity (Wildman–Crippen MR) is 122 cm³/mol. The van der Waals surface area contributed by atoms with Crippen molar-refractivity contribution in [3.8, 4) is 5.75 Å². The van der Waals surface area contributed by atoms with E-state index in [2.05, 4.69) is 10.1 Å². The summed E-state index contributed by atoms with van der Waals surface area (Å²) in [6, 6.07) is 21.2. The Morgan fingerprint density at radius 3 is 2.65 bits per heavy atom. The second-order valence-corrected chi connectivity index (χ2v) is 7.73. The highest BCUT2D eigenvalue weighted by Crippen LogP contribution is 2.30. The first-order chi connectivity index (χ1) is 15.1. The van der Waals surface area contributed by atoms with Gasteiger partial charge in [-0.2, -0.15) is 10.1 Å². The van der Waals surface area contributed by atoms with Crippen molar-refractivity contribution in [1.29, 1.82) is 0 Å². The summed E-state index contributed by atoms with van der Waals surface area (Å²) in [7, 11) is 0. The Bertz CT molecular complexity index is 1210. The summed E-state index contributed by atoms with van der Waals surface area (Å²) in [5.74, 6) is 0.195. The van der Waals surface area contributed by atoms with Crippen LogP contribution < -0.4 is 9.75 Å². The molecule has 0 aliphatic rings. The van der Waals surface area contributed by atoms with Crippen LogP contribution in [-0.4, -0.2) is 23.7 Å². The van der Waals surface area contributed by atoms with E-state index in [1.54, 1.807) is 12.3 Å². The van der Waals surface area contributed by atoms with Crippen LogP contribution in [0.2, 0.25) is 0 Å². The third-order valence-electron chi connectivity index (χ3n) is 4.47. The summed E-state index contributed by atoms with van der Waals surface area (Å²) in [6.07, 6.45) is 1.77. The van der Waals surface area contributed by atoms with Crippen LogP contribution in [0, 0.1) is 5.82 Å². The van der Waals surface area contributed by atoms with Gasteiger partial charge >= 0.3 is 0 Å². The first-order valence-electron chi connectivity index (χ1n) is 9.82. The maximum absolute atomic E-state index is 13.6. The van der Waals surface area contributed by atoms with Crippen LogP contribution in [0.1, 0.15) is 18.1 Å². The Labute approximate surface area is 183 Å². The van der Waals surface area contributed by atoms with Gasteiger partial charge in [0.2, 0.25) is 5.13 Å². The van der Waals surface area contributed by atoms with E-state index in [1.165, 1.54) is 28.5 Å². The molecule has 4 aromatic rings. The summed E-state index contributed by atoms with van der Waals surface area (Å²) >= 11 is 1.22. The molecule has 1 amide bonds. The maximum atomic E-state index is 13.6. The van der Waals surface area contributed by atoms with E-state index in [9.17, 15) is 9.18 Å². The van der Waals surface area contributed by atoms with Gasteiger partial charge in [-0.05, 0) is 60.5 Å². The Hall–Kier alpha value is -3.58. The number of carbonyl (C=O) groups is 1. The van der Waals surface area contributed by atoms with Crippen LogP contribution in [-0.2, 0) is 11.2 Å². The predicted octanol–water partition coefficient (Wildman–Crippen LogP) is 5.44. The average molecular weight is 434 g/mol. The van der Waals surface area contributed by atoms with E-state index in [0.29, 0.717) is 22.0 Å². The number of hydrogen-bond donors (Lipinski definition) is 0. The third-order valence-corrected chi connectivity index (χ3v) is 5.46. The molecule has 0 spiro atoms. The first kappa shape index (κ1) is 20.7.